The molecule has 106 valence electrons. The Bertz CT molecular complexity index is 385. The molecule has 4 nitrogen and oxygen atoms in total. The second kappa shape index (κ2) is 7.79. The minimum absolute atomic E-state index is 0.136. The van der Waals surface area contributed by atoms with Crippen LogP contribution in [0.1, 0.15) is 45.2 Å². The highest BCUT2D eigenvalue weighted by Crippen LogP contribution is 2.15. The number of carbonyl (C=O) groups is 1. The number of anilines is 1. The minimum Gasteiger partial charge on any atom is -0.335 e. The lowest BCUT2D eigenvalue weighted by Crippen LogP contribution is -2.37. The zero-order valence-corrected chi connectivity index (χ0v) is 12.3. The van der Waals surface area contributed by atoms with E-state index in [-0.39, 0.29) is 12.1 Å². The molecule has 0 fully saturated rings. The lowest BCUT2D eigenvalue weighted by molar-refractivity contribution is 0.247. The largest absolute Gasteiger partial charge is 0.335 e. The predicted molar refractivity (Wildman–Crippen MR) is 80.4 cm³/mol. The van der Waals surface area contributed by atoms with Gasteiger partial charge in [-0.1, -0.05) is 26.0 Å². The van der Waals surface area contributed by atoms with Gasteiger partial charge in [-0.25, -0.2) is 4.79 Å². The SMILES string of the molecule is CCC(CC)NC(=O)Nc1ccc(C(C)NC)cc1. The summed E-state index contributed by atoms with van der Waals surface area (Å²) in [4.78, 5) is 11.8. The van der Waals surface area contributed by atoms with E-state index < -0.39 is 0 Å². The lowest BCUT2D eigenvalue weighted by atomic mass is 10.1. The fraction of sp³-hybridized carbons (Fsp3) is 0.533. The smallest absolute Gasteiger partial charge is 0.319 e. The fourth-order valence-electron chi connectivity index (χ4n) is 1.87. The van der Waals surface area contributed by atoms with E-state index in [2.05, 4.69) is 36.7 Å². The van der Waals surface area contributed by atoms with E-state index in [4.69, 9.17) is 0 Å². The van der Waals surface area contributed by atoms with Crippen molar-refractivity contribution in [2.75, 3.05) is 12.4 Å². The van der Waals surface area contributed by atoms with Crippen molar-refractivity contribution in [1.29, 1.82) is 0 Å². The summed E-state index contributed by atoms with van der Waals surface area (Å²) in [5.41, 5.74) is 2.02. The Balaban J connectivity index is 2.55. The van der Waals surface area contributed by atoms with Gasteiger partial charge in [0.1, 0.15) is 0 Å². The Morgan fingerprint density at radius 1 is 1.16 bits per heavy atom. The average molecular weight is 263 g/mol. The van der Waals surface area contributed by atoms with E-state index in [9.17, 15) is 4.79 Å². The van der Waals surface area contributed by atoms with E-state index in [1.807, 2.05) is 31.3 Å². The average Bonchev–Trinajstić information content (AvgIpc) is 2.44. The lowest BCUT2D eigenvalue weighted by Gasteiger charge is -2.16. The molecule has 0 aliphatic carbocycles. The van der Waals surface area contributed by atoms with Gasteiger partial charge >= 0.3 is 6.03 Å². The standard InChI is InChI=1S/C15H25N3O/c1-5-13(6-2)17-15(19)18-14-9-7-12(8-10-14)11(3)16-4/h7-11,13,16H,5-6H2,1-4H3,(H2,17,18,19). The maximum atomic E-state index is 11.8. The zero-order chi connectivity index (χ0) is 14.3. The summed E-state index contributed by atoms with van der Waals surface area (Å²) in [6, 6.07) is 8.31. The number of amides is 2. The van der Waals surface area contributed by atoms with Crippen LogP contribution in [0, 0.1) is 0 Å². The van der Waals surface area contributed by atoms with Gasteiger partial charge in [0.25, 0.3) is 0 Å². The Hall–Kier alpha value is -1.55. The minimum atomic E-state index is -0.136. The highest BCUT2D eigenvalue weighted by atomic mass is 16.2. The van der Waals surface area contributed by atoms with Crippen molar-refractivity contribution in [2.24, 2.45) is 0 Å². The second-order valence-electron chi connectivity index (χ2n) is 4.74. The molecule has 1 rings (SSSR count). The fourth-order valence-corrected chi connectivity index (χ4v) is 1.87. The Labute approximate surface area is 116 Å². The van der Waals surface area contributed by atoms with Gasteiger partial charge in [0.2, 0.25) is 0 Å². The van der Waals surface area contributed by atoms with Crippen molar-refractivity contribution >= 4 is 11.7 Å². The summed E-state index contributed by atoms with van der Waals surface area (Å²) in [5, 5.41) is 8.99. The maximum Gasteiger partial charge on any atom is 0.319 e. The number of carbonyl (C=O) groups excluding carboxylic acids is 1. The normalized spacial score (nSPS) is 12.3. The Morgan fingerprint density at radius 3 is 2.21 bits per heavy atom. The van der Waals surface area contributed by atoms with Crippen molar-refractivity contribution in [2.45, 2.75) is 45.7 Å². The molecule has 1 unspecified atom stereocenters. The summed E-state index contributed by atoms with van der Waals surface area (Å²) < 4.78 is 0. The zero-order valence-electron chi connectivity index (χ0n) is 12.3. The molecule has 0 aliphatic heterocycles. The highest BCUT2D eigenvalue weighted by molar-refractivity contribution is 5.89. The molecular formula is C15H25N3O. The molecule has 3 N–H and O–H groups in total. The maximum absolute atomic E-state index is 11.8. The molecule has 0 saturated heterocycles. The van der Waals surface area contributed by atoms with Gasteiger partial charge in [0, 0.05) is 17.8 Å². The first kappa shape index (κ1) is 15.5. The first-order valence-corrected chi connectivity index (χ1v) is 6.95. The molecular weight excluding hydrogens is 238 g/mol. The molecule has 0 bridgehead atoms. The van der Waals surface area contributed by atoms with Crippen LogP contribution in [0.4, 0.5) is 10.5 Å². The molecule has 1 aromatic rings. The van der Waals surface area contributed by atoms with E-state index in [1.54, 1.807) is 0 Å². The molecule has 0 aliphatic rings. The van der Waals surface area contributed by atoms with Crippen LogP contribution in [0.2, 0.25) is 0 Å². The van der Waals surface area contributed by atoms with Gasteiger partial charge in [-0.3, -0.25) is 0 Å². The van der Waals surface area contributed by atoms with E-state index in [1.165, 1.54) is 5.56 Å². The van der Waals surface area contributed by atoms with Crippen molar-refractivity contribution in [1.82, 2.24) is 10.6 Å². The van der Waals surface area contributed by atoms with Crippen LogP contribution in [0.3, 0.4) is 0 Å². The van der Waals surface area contributed by atoms with Gasteiger partial charge < -0.3 is 16.0 Å². The monoisotopic (exact) mass is 263 g/mol. The summed E-state index contributed by atoms with van der Waals surface area (Å²) in [7, 11) is 1.93. The highest BCUT2D eigenvalue weighted by Gasteiger charge is 2.08. The molecule has 0 spiro atoms. The van der Waals surface area contributed by atoms with Crippen LogP contribution in [0.5, 0.6) is 0 Å². The van der Waals surface area contributed by atoms with E-state index in [0.717, 1.165) is 18.5 Å². The van der Waals surface area contributed by atoms with Gasteiger partial charge in [-0.2, -0.15) is 0 Å². The van der Waals surface area contributed by atoms with E-state index in [0.29, 0.717) is 6.04 Å². The number of nitrogens with one attached hydrogen (secondary N) is 3. The summed E-state index contributed by atoms with van der Waals surface area (Å²) >= 11 is 0. The summed E-state index contributed by atoms with van der Waals surface area (Å²) in [6.07, 6.45) is 1.89. The van der Waals surface area contributed by atoms with Crippen LogP contribution in [-0.4, -0.2) is 19.1 Å². The number of hydrogen-bond donors (Lipinski definition) is 3. The first-order valence-electron chi connectivity index (χ1n) is 6.95. The van der Waals surface area contributed by atoms with Crippen molar-refractivity contribution < 1.29 is 4.79 Å². The van der Waals surface area contributed by atoms with Gasteiger partial charge in [-0.15, -0.1) is 0 Å². The van der Waals surface area contributed by atoms with Crippen molar-refractivity contribution in [3.05, 3.63) is 29.8 Å². The van der Waals surface area contributed by atoms with Crippen LogP contribution in [-0.2, 0) is 0 Å². The number of rotatable bonds is 6. The number of urea groups is 1. The molecule has 0 radical (unpaired) electrons. The predicted octanol–water partition coefficient (Wildman–Crippen LogP) is 3.28. The molecule has 4 heteroatoms. The van der Waals surface area contributed by atoms with Crippen molar-refractivity contribution in [3.8, 4) is 0 Å². The first-order chi connectivity index (χ1) is 9.10. The van der Waals surface area contributed by atoms with E-state index >= 15 is 0 Å². The van der Waals surface area contributed by atoms with Crippen LogP contribution in [0.15, 0.2) is 24.3 Å². The molecule has 1 atom stereocenters. The van der Waals surface area contributed by atoms with Gasteiger partial charge in [0.05, 0.1) is 0 Å². The van der Waals surface area contributed by atoms with Crippen LogP contribution >= 0.6 is 0 Å². The van der Waals surface area contributed by atoms with Gasteiger partial charge in [-0.05, 0) is 44.5 Å². The topological polar surface area (TPSA) is 53.2 Å². The second-order valence-corrected chi connectivity index (χ2v) is 4.74. The Morgan fingerprint density at radius 2 is 1.74 bits per heavy atom. The molecule has 19 heavy (non-hydrogen) atoms. The van der Waals surface area contributed by atoms with Crippen LogP contribution in [0.25, 0.3) is 0 Å². The molecule has 0 saturated carbocycles. The molecule has 0 aromatic heterocycles. The van der Waals surface area contributed by atoms with Crippen molar-refractivity contribution in [3.63, 3.8) is 0 Å². The quantitative estimate of drug-likeness (QED) is 0.737. The number of benzene rings is 1. The summed E-state index contributed by atoms with van der Waals surface area (Å²) in [5.74, 6) is 0. The van der Waals surface area contributed by atoms with Crippen LogP contribution < -0.4 is 16.0 Å². The molecule has 0 heterocycles. The third-order valence-corrected chi connectivity index (χ3v) is 3.42. The third kappa shape index (κ3) is 4.91. The third-order valence-electron chi connectivity index (χ3n) is 3.42. The van der Waals surface area contributed by atoms with Gasteiger partial charge in [0.15, 0.2) is 0 Å². The Kier molecular flexibility index (Phi) is 6.36. The molecule has 2 amide bonds. The molecule has 1 aromatic carbocycles. The number of hydrogen-bond acceptors (Lipinski definition) is 2. The summed E-state index contributed by atoms with van der Waals surface area (Å²) in [6.45, 7) is 6.24.